The molecule has 3 heterocycles. The van der Waals surface area contributed by atoms with Crippen LogP contribution in [0.2, 0.25) is 0 Å². The van der Waals surface area contributed by atoms with Gasteiger partial charge in [0.05, 0.1) is 6.54 Å². The normalized spacial score (nSPS) is 24.0. The molecule has 0 spiro atoms. The van der Waals surface area contributed by atoms with Gasteiger partial charge in [-0.3, -0.25) is 4.79 Å². The Morgan fingerprint density at radius 2 is 1.92 bits per heavy atom. The summed E-state index contributed by atoms with van der Waals surface area (Å²) >= 11 is 0. The van der Waals surface area contributed by atoms with Crippen molar-refractivity contribution in [1.82, 2.24) is 19.7 Å². The summed E-state index contributed by atoms with van der Waals surface area (Å²) in [5, 5.41) is 8.78. The molecule has 5 nitrogen and oxygen atoms in total. The number of benzene rings is 1. The number of aromatic nitrogens is 3. The van der Waals surface area contributed by atoms with Crippen LogP contribution >= 0.6 is 0 Å². The van der Waals surface area contributed by atoms with Crippen LogP contribution in [-0.4, -0.2) is 32.1 Å². The first-order valence-electron chi connectivity index (χ1n) is 9.40. The van der Waals surface area contributed by atoms with Crippen molar-refractivity contribution >= 4 is 5.91 Å². The lowest BCUT2D eigenvalue weighted by molar-refractivity contribution is -0.136. The minimum absolute atomic E-state index is 0.0107. The standard InChI is InChI=1S/C20H26N4O/c1-20(16-8-4-2-5-9-16)12-11-19(25)23(15-20)14-18-22-21-17-10-6-3-7-13-24(17)18/h2,4-5,8-9H,3,6-7,10-15H2,1H3/t20-/m1/s1. The fourth-order valence-corrected chi connectivity index (χ4v) is 4.18. The van der Waals surface area contributed by atoms with Crippen LogP contribution in [0.5, 0.6) is 0 Å². The Balaban J connectivity index is 1.56. The Morgan fingerprint density at radius 1 is 1.08 bits per heavy atom. The van der Waals surface area contributed by atoms with E-state index < -0.39 is 0 Å². The number of likely N-dealkylation sites (tertiary alicyclic amines) is 1. The molecular formula is C20H26N4O. The quantitative estimate of drug-likeness (QED) is 0.864. The first-order valence-corrected chi connectivity index (χ1v) is 9.40. The molecule has 4 rings (SSSR count). The smallest absolute Gasteiger partial charge is 0.223 e. The van der Waals surface area contributed by atoms with Gasteiger partial charge in [0.2, 0.25) is 5.91 Å². The lowest BCUT2D eigenvalue weighted by atomic mass is 9.75. The van der Waals surface area contributed by atoms with Crippen LogP contribution in [0.25, 0.3) is 0 Å². The zero-order chi connectivity index (χ0) is 17.3. The molecule has 5 heteroatoms. The number of rotatable bonds is 3. The van der Waals surface area contributed by atoms with Crippen molar-refractivity contribution < 1.29 is 4.79 Å². The monoisotopic (exact) mass is 338 g/mol. The molecule has 1 saturated heterocycles. The topological polar surface area (TPSA) is 51.0 Å². The molecule has 132 valence electrons. The molecule has 0 aliphatic carbocycles. The highest BCUT2D eigenvalue weighted by molar-refractivity contribution is 5.77. The van der Waals surface area contributed by atoms with E-state index >= 15 is 0 Å². The van der Waals surface area contributed by atoms with Crippen LogP contribution in [0.1, 0.15) is 56.2 Å². The Labute approximate surface area is 149 Å². The fraction of sp³-hybridized carbons (Fsp3) is 0.550. The van der Waals surface area contributed by atoms with Gasteiger partial charge >= 0.3 is 0 Å². The van der Waals surface area contributed by atoms with Crippen LogP contribution in [-0.2, 0) is 29.7 Å². The van der Waals surface area contributed by atoms with Crippen molar-refractivity contribution in [3.63, 3.8) is 0 Å². The minimum Gasteiger partial charge on any atom is -0.334 e. The van der Waals surface area contributed by atoms with Crippen LogP contribution in [0.4, 0.5) is 0 Å². The summed E-state index contributed by atoms with van der Waals surface area (Å²) in [6.45, 7) is 4.58. The average Bonchev–Trinajstić information content (AvgIpc) is 2.86. The van der Waals surface area contributed by atoms with E-state index in [-0.39, 0.29) is 11.3 Å². The largest absolute Gasteiger partial charge is 0.334 e. The number of nitrogens with zero attached hydrogens (tertiary/aromatic N) is 4. The van der Waals surface area contributed by atoms with E-state index in [9.17, 15) is 4.79 Å². The van der Waals surface area contributed by atoms with Gasteiger partial charge in [-0.25, -0.2) is 0 Å². The third-order valence-corrected chi connectivity index (χ3v) is 5.77. The van der Waals surface area contributed by atoms with E-state index in [0.29, 0.717) is 13.0 Å². The van der Waals surface area contributed by atoms with E-state index in [2.05, 4.69) is 46.0 Å². The molecular weight excluding hydrogens is 312 g/mol. The van der Waals surface area contributed by atoms with Gasteiger partial charge in [0, 0.05) is 31.3 Å². The van der Waals surface area contributed by atoms with Crippen molar-refractivity contribution in [2.24, 2.45) is 0 Å². The van der Waals surface area contributed by atoms with Crippen molar-refractivity contribution in [3.8, 4) is 0 Å². The lowest BCUT2D eigenvalue weighted by Crippen LogP contribution is -2.47. The lowest BCUT2D eigenvalue weighted by Gasteiger charge is -2.40. The third-order valence-electron chi connectivity index (χ3n) is 5.77. The molecule has 1 amide bonds. The van der Waals surface area contributed by atoms with Crippen LogP contribution in [0.3, 0.4) is 0 Å². The molecule has 25 heavy (non-hydrogen) atoms. The maximum atomic E-state index is 12.5. The summed E-state index contributed by atoms with van der Waals surface area (Å²) in [6.07, 6.45) is 6.12. The molecule has 1 aromatic heterocycles. The third kappa shape index (κ3) is 3.20. The maximum absolute atomic E-state index is 12.5. The van der Waals surface area contributed by atoms with Gasteiger partial charge in [-0.2, -0.15) is 0 Å². The van der Waals surface area contributed by atoms with E-state index in [1.165, 1.54) is 24.8 Å². The number of carbonyl (C=O) groups is 1. The summed E-state index contributed by atoms with van der Waals surface area (Å²) < 4.78 is 2.24. The highest BCUT2D eigenvalue weighted by atomic mass is 16.2. The highest BCUT2D eigenvalue weighted by Crippen LogP contribution is 2.34. The van der Waals surface area contributed by atoms with E-state index in [4.69, 9.17) is 0 Å². The van der Waals surface area contributed by atoms with E-state index in [1.54, 1.807) is 0 Å². The first-order chi connectivity index (χ1) is 12.2. The SMILES string of the molecule is C[C@@]1(c2ccccc2)CCC(=O)N(Cc2nnc3n2CCCCC3)C1. The van der Waals surface area contributed by atoms with E-state index in [1.807, 2.05) is 11.0 Å². The Kier molecular flexibility index (Phi) is 4.32. The predicted octanol–water partition coefficient (Wildman–Crippen LogP) is 3.08. The van der Waals surface area contributed by atoms with Crippen LogP contribution in [0.15, 0.2) is 30.3 Å². The average molecular weight is 338 g/mol. The minimum atomic E-state index is 0.0107. The van der Waals surface area contributed by atoms with E-state index in [0.717, 1.165) is 37.6 Å². The van der Waals surface area contributed by atoms with Crippen LogP contribution < -0.4 is 0 Å². The van der Waals surface area contributed by atoms with Gasteiger partial charge in [0.1, 0.15) is 5.82 Å². The van der Waals surface area contributed by atoms with Crippen LogP contribution in [0, 0.1) is 0 Å². The zero-order valence-electron chi connectivity index (χ0n) is 14.9. The van der Waals surface area contributed by atoms with Gasteiger partial charge in [0.25, 0.3) is 0 Å². The second-order valence-electron chi connectivity index (χ2n) is 7.67. The Morgan fingerprint density at radius 3 is 2.76 bits per heavy atom. The van der Waals surface area contributed by atoms with Crippen molar-refractivity contribution in [2.45, 2.75) is 64.0 Å². The molecule has 0 saturated carbocycles. The van der Waals surface area contributed by atoms with Gasteiger partial charge < -0.3 is 9.47 Å². The number of hydrogen-bond acceptors (Lipinski definition) is 3. The van der Waals surface area contributed by atoms with Gasteiger partial charge in [0.15, 0.2) is 5.82 Å². The summed E-state index contributed by atoms with van der Waals surface area (Å²) in [5.41, 5.74) is 1.32. The molecule has 2 aromatic rings. The highest BCUT2D eigenvalue weighted by Gasteiger charge is 2.36. The zero-order valence-corrected chi connectivity index (χ0v) is 14.9. The summed E-state index contributed by atoms with van der Waals surface area (Å²) in [6, 6.07) is 10.6. The molecule has 0 radical (unpaired) electrons. The number of fused-ring (bicyclic) bond motifs is 1. The fourth-order valence-electron chi connectivity index (χ4n) is 4.18. The molecule has 0 N–H and O–H groups in total. The Bertz CT molecular complexity index is 754. The van der Waals surface area contributed by atoms with Crippen molar-refractivity contribution in [3.05, 3.63) is 47.5 Å². The molecule has 0 unspecified atom stereocenters. The number of carbonyl (C=O) groups excluding carboxylic acids is 1. The second-order valence-corrected chi connectivity index (χ2v) is 7.67. The summed E-state index contributed by atoms with van der Waals surface area (Å²) in [5.74, 6) is 2.27. The number of aryl methyl sites for hydroxylation is 1. The summed E-state index contributed by atoms with van der Waals surface area (Å²) in [7, 11) is 0. The van der Waals surface area contributed by atoms with Crippen molar-refractivity contribution in [1.29, 1.82) is 0 Å². The van der Waals surface area contributed by atoms with Crippen molar-refractivity contribution in [2.75, 3.05) is 6.54 Å². The predicted molar refractivity (Wildman–Crippen MR) is 96.0 cm³/mol. The molecule has 2 aliphatic heterocycles. The first kappa shape index (κ1) is 16.3. The van der Waals surface area contributed by atoms with Gasteiger partial charge in [-0.05, 0) is 24.8 Å². The van der Waals surface area contributed by atoms with Gasteiger partial charge in [-0.1, -0.05) is 43.7 Å². The maximum Gasteiger partial charge on any atom is 0.223 e. The molecule has 1 aromatic carbocycles. The number of piperidine rings is 1. The molecule has 0 bridgehead atoms. The summed E-state index contributed by atoms with van der Waals surface area (Å²) in [4.78, 5) is 14.5. The van der Waals surface area contributed by atoms with Gasteiger partial charge in [-0.15, -0.1) is 10.2 Å². The molecule has 1 atom stereocenters. The molecule has 2 aliphatic rings. The second kappa shape index (κ2) is 6.62. The number of amides is 1. The molecule has 1 fully saturated rings. The number of hydrogen-bond donors (Lipinski definition) is 0. The Hall–Kier alpha value is -2.17.